The Hall–Kier alpha value is -5.40. The van der Waals surface area contributed by atoms with E-state index in [0.717, 1.165) is 24.3 Å². The Morgan fingerprint density at radius 3 is 2.00 bits per heavy atom. The van der Waals surface area contributed by atoms with Crippen molar-refractivity contribution in [2.45, 2.75) is 36.4 Å². The standard InChI is InChI=1S/C30H24O13/c31-12-6-17(35)23-21(7-12)42-30(11-4-18(36)26(39)19(37)5-11)29(40)25(23)24-22(43-30)9-15(33)13-8-20(38)27(41-28(13)24)10-1-2-14(32)16(34)3-10/h1-7,9,20,25,27,29,31-40H,8H2/t20-,25+,27+,29?,30-/m1/s1. The molecule has 1 unspecified atom stereocenters. The highest BCUT2D eigenvalue weighted by atomic mass is 16.7. The number of aliphatic hydroxyl groups excluding tert-OH is 2. The zero-order valence-corrected chi connectivity index (χ0v) is 21.8. The van der Waals surface area contributed by atoms with Gasteiger partial charge in [0, 0.05) is 46.9 Å². The van der Waals surface area contributed by atoms with Crippen LogP contribution < -0.4 is 14.2 Å². The van der Waals surface area contributed by atoms with Crippen molar-refractivity contribution in [3.8, 4) is 63.2 Å². The number of phenolic OH excluding ortho intramolecular Hbond substituents is 8. The van der Waals surface area contributed by atoms with E-state index < -0.39 is 64.5 Å². The van der Waals surface area contributed by atoms with Crippen LogP contribution in [-0.4, -0.2) is 63.3 Å². The Labute approximate surface area is 241 Å². The van der Waals surface area contributed by atoms with Crippen LogP contribution in [0.1, 0.15) is 39.8 Å². The molecule has 13 heteroatoms. The molecule has 3 aliphatic heterocycles. The van der Waals surface area contributed by atoms with Gasteiger partial charge in [-0.3, -0.25) is 0 Å². The minimum atomic E-state index is -2.26. The summed E-state index contributed by atoms with van der Waals surface area (Å²) in [7, 11) is 0. The molecule has 10 N–H and O–H groups in total. The lowest BCUT2D eigenvalue weighted by atomic mass is 9.74. The number of aromatic hydroxyl groups is 8. The first-order valence-electron chi connectivity index (χ1n) is 13.0. The van der Waals surface area contributed by atoms with Crippen LogP contribution in [-0.2, 0) is 12.2 Å². The maximum Gasteiger partial charge on any atom is 0.305 e. The summed E-state index contributed by atoms with van der Waals surface area (Å²) < 4.78 is 18.5. The van der Waals surface area contributed by atoms with Crippen LogP contribution in [0.4, 0.5) is 0 Å². The lowest BCUT2D eigenvalue weighted by molar-refractivity contribution is -0.219. The van der Waals surface area contributed by atoms with E-state index in [0.29, 0.717) is 0 Å². The summed E-state index contributed by atoms with van der Waals surface area (Å²) in [4.78, 5) is 0. The number of hydrogen-bond acceptors (Lipinski definition) is 13. The first-order valence-corrected chi connectivity index (χ1v) is 13.0. The summed E-state index contributed by atoms with van der Waals surface area (Å²) in [5.41, 5.74) is 0.419. The van der Waals surface area contributed by atoms with Gasteiger partial charge in [-0.2, -0.15) is 0 Å². The highest BCUT2D eigenvalue weighted by molar-refractivity contribution is 5.68. The lowest BCUT2D eigenvalue weighted by Crippen LogP contribution is -2.57. The molecule has 3 heterocycles. The topological polar surface area (TPSA) is 230 Å². The monoisotopic (exact) mass is 592 g/mol. The molecule has 0 aromatic heterocycles. The second-order valence-corrected chi connectivity index (χ2v) is 10.7. The summed E-state index contributed by atoms with van der Waals surface area (Å²) >= 11 is 0. The van der Waals surface area contributed by atoms with Gasteiger partial charge in [-0.25, -0.2) is 0 Å². The van der Waals surface area contributed by atoms with Gasteiger partial charge in [0.1, 0.15) is 46.7 Å². The van der Waals surface area contributed by atoms with Gasteiger partial charge >= 0.3 is 5.79 Å². The van der Waals surface area contributed by atoms with Crippen molar-refractivity contribution < 1.29 is 65.3 Å². The molecule has 4 aromatic carbocycles. The summed E-state index contributed by atoms with van der Waals surface area (Å²) in [6.45, 7) is 0. The molecule has 0 radical (unpaired) electrons. The van der Waals surface area contributed by atoms with Gasteiger partial charge < -0.3 is 65.3 Å². The van der Waals surface area contributed by atoms with E-state index in [2.05, 4.69) is 0 Å². The van der Waals surface area contributed by atoms with Crippen molar-refractivity contribution in [1.29, 1.82) is 0 Å². The zero-order chi connectivity index (χ0) is 30.5. The van der Waals surface area contributed by atoms with Crippen LogP contribution in [0, 0.1) is 0 Å². The van der Waals surface area contributed by atoms with E-state index in [1.807, 2.05) is 0 Å². The fraction of sp³-hybridized carbons (Fsp3) is 0.200. The third-order valence-electron chi connectivity index (χ3n) is 8.12. The quantitative estimate of drug-likeness (QED) is 0.151. The molecular formula is C30H24O13. The van der Waals surface area contributed by atoms with Crippen molar-refractivity contribution in [2.24, 2.45) is 0 Å². The van der Waals surface area contributed by atoms with E-state index in [1.54, 1.807) is 0 Å². The Morgan fingerprint density at radius 1 is 0.651 bits per heavy atom. The van der Waals surface area contributed by atoms with Gasteiger partial charge in [0.15, 0.2) is 28.7 Å². The molecule has 43 heavy (non-hydrogen) atoms. The minimum absolute atomic E-state index is 0.00718. The third-order valence-corrected chi connectivity index (χ3v) is 8.12. The second-order valence-electron chi connectivity index (χ2n) is 10.7. The predicted molar refractivity (Wildman–Crippen MR) is 143 cm³/mol. The molecule has 0 saturated heterocycles. The van der Waals surface area contributed by atoms with Gasteiger partial charge in [-0.15, -0.1) is 0 Å². The number of rotatable bonds is 2. The highest BCUT2D eigenvalue weighted by Crippen LogP contribution is 2.62. The van der Waals surface area contributed by atoms with Crippen LogP contribution in [0.25, 0.3) is 0 Å². The SMILES string of the molecule is Oc1cc(O)c2c(c1)O[C@]1(c3cc(O)c(O)c(O)c3)Oc3cc(O)c4c(c3[C@H]2C1O)O[C@@H](c1ccc(O)c(O)c1)[C@H](O)C4. The average molecular weight is 593 g/mol. The van der Waals surface area contributed by atoms with Crippen LogP contribution in [0.15, 0.2) is 48.5 Å². The number of phenols is 8. The summed E-state index contributed by atoms with van der Waals surface area (Å²) in [6.07, 6.45) is -4.22. The Balaban J connectivity index is 1.48. The van der Waals surface area contributed by atoms with Crippen molar-refractivity contribution in [1.82, 2.24) is 0 Å². The van der Waals surface area contributed by atoms with Crippen molar-refractivity contribution >= 4 is 0 Å². The number of benzene rings is 4. The largest absolute Gasteiger partial charge is 0.508 e. The molecule has 0 fully saturated rings. The normalized spacial score (nSPS) is 24.9. The van der Waals surface area contributed by atoms with Gasteiger partial charge in [-0.1, -0.05) is 6.07 Å². The molecule has 13 nitrogen and oxygen atoms in total. The minimum Gasteiger partial charge on any atom is -0.508 e. The van der Waals surface area contributed by atoms with Crippen LogP contribution in [0.2, 0.25) is 0 Å². The summed E-state index contributed by atoms with van der Waals surface area (Å²) in [5.74, 6) is -8.15. The van der Waals surface area contributed by atoms with E-state index >= 15 is 0 Å². The molecule has 0 spiro atoms. The molecule has 5 atom stereocenters. The van der Waals surface area contributed by atoms with Crippen molar-refractivity contribution in [2.75, 3.05) is 0 Å². The average Bonchev–Trinajstić information content (AvgIpc) is 2.93. The fourth-order valence-corrected chi connectivity index (χ4v) is 6.16. The van der Waals surface area contributed by atoms with Gasteiger partial charge in [0.05, 0.1) is 12.0 Å². The summed E-state index contributed by atoms with van der Waals surface area (Å²) in [5, 5.41) is 105. The van der Waals surface area contributed by atoms with Gasteiger partial charge in [-0.05, 0) is 29.8 Å². The molecule has 0 saturated carbocycles. The van der Waals surface area contributed by atoms with Crippen molar-refractivity contribution in [3.05, 3.63) is 76.3 Å². The Bertz CT molecular complexity index is 1810. The number of aliphatic hydroxyl groups is 2. The van der Waals surface area contributed by atoms with Crippen molar-refractivity contribution in [3.63, 3.8) is 0 Å². The molecule has 2 bridgehead atoms. The molecule has 7 rings (SSSR count). The molecule has 0 amide bonds. The maximum absolute atomic E-state index is 11.9. The summed E-state index contributed by atoms with van der Waals surface area (Å²) in [6, 6.07) is 9.25. The van der Waals surface area contributed by atoms with Crippen LogP contribution in [0.3, 0.4) is 0 Å². The predicted octanol–water partition coefficient (Wildman–Crippen LogP) is 2.50. The Kier molecular flexibility index (Phi) is 5.42. The maximum atomic E-state index is 11.9. The highest BCUT2D eigenvalue weighted by Gasteiger charge is 2.60. The lowest BCUT2D eigenvalue weighted by Gasteiger charge is -2.50. The molecule has 4 aromatic rings. The smallest absolute Gasteiger partial charge is 0.305 e. The fourth-order valence-electron chi connectivity index (χ4n) is 6.16. The molecular weight excluding hydrogens is 568 g/mol. The molecule has 222 valence electrons. The first-order chi connectivity index (χ1) is 20.4. The zero-order valence-electron chi connectivity index (χ0n) is 21.8. The third kappa shape index (κ3) is 3.65. The number of hydrogen-bond donors (Lipinski definition) is 10. The van der Waals surface area contributed by atoms with Gasteiger partial charge in [0.2, 0.25) is 0 Å². The Morgan fingerprint density at radius 2 is 1.33 bits per heavy atom. The second kappa shape index (κ2) is 8.80. The van der Waals surface area contributed by atoms with Gasteiger partial charge in [0.25, 0.3) is 0 Å². The number of ether oxygens (including phenoxy) is 3. The van der Waals surface area contributed by atoms with Crippen LogP contribution in [0.5, 0.6) is 63.2 Å². The molecule has 0 aliphatic carbocycles. The number of fused-ring (bicyclic) bond motifs is 8. The van der Waals surface area contributed by atoms with Crippen LogP contribution >= 0.6 is 0 Å². The van der Waals surface area contributed by atoms with E-state index in [9.17, 15) is 51.1 Å². The van der Waals surface area contributed by atoms with E-state index in [-0.39, 0.29) is 63.0 Å². The molecule has 3 aliphatic rings. The first kappa shape index (κ1) is 26.5. The van der Waals surface area contributed by atoms with E-state index in [1.165, 1.54) is 24.3 Å². The van der Waals surface area contributed by atoms with E-state index in [4.69, 9.17) is 14.2 Å².